The van der Waals surface area contributed by atoms with Gasteiger partial charge in [0.25, 0.3) is 0 Å². The standard InChI is InChI=1S/C10H11IN2O3/c1-13-9(14)4-7(10(13)15)12-5-6-2-3-8(11)16-6/h2-3,7,12H,4-5H2,1H3. The summed E-state index contributed by atoms with van der Waals surface area (Å²) in [5.41, 5.74) is 0. The largest absolute Gasteiger partial charge is 0.454 e. The van der Waals surface area contributed by atoms with Crippen LogP contribution in [0.15, 0.2) is 16.5 Å². The molecular weight excluding hydrogens is 323 g/mol. The minimum atomic E-state index is -0.416. The van der Waals surface area contributed by atoms with Crippen LogP contribution in [-0.2, 0) is 16.1 Å². The molecular formula is C10H11IN2O3. The van der Waals surface area contributed by atoms with Crippen molar-refractivity contribution in [1.29, 1.82) is 0 Å². The first kappa shape index (κ1) is 11.6. The topological polar surface area (TPSA) is 62.6 Å². The molecule has 1 saturated heterocycles. The number of nitrogens with zero attached hydrogens (tertiary/aromatic N) is 1. The monoisotopic (exact) mass is 334 g/mol. The van der Waals surface area contributed by atoms with Gasteiger partial charge in [-0.2, -0.15) is 0 Å². The Hall–Kier alpha value is -0.890. The van der Waals surface area contributed by atoms with Gasteiger partial charge in [-0.1, -0.05) is 0 Å². The molecule has 1 atom stereocenters. The second-order valence-electron chi connectivity index (χ2n) is 3.63. The van der Waals surface area contributed by atoms with Gasteiger partial charge in [-0.25, -0.2) is 0 Å². The summed E-state index contributed by atoms with van der Waals surface area (Å²) in [6.45, 7) is 0.459. The van der Waals surface area contributed by atoms with Gasteiger partial charge in [-0.3, -0.25) is 19.8 Å². The van der Waals surface area contributed by atoms with Crippen LogP contribution in [0.3, 0.4) is 0 Å². The molecule has 2 heterocycles. The summed E-state index contributed by atoms with van der Waals surface area (Å²) >= 11 is 2.08. The van der Waals surface area contributed by atoms with E-state index in [9.17, 15) is 9.59 Å². The fraction of sp³-hybridized carbons (Fsp3) is 0.400. The Bertz CT molecular complexity index is 429. The number of carbonyl (C=O) groups excluding carboxylic acids is 2. The number of nitrogens with one attached hydrogen (secondary N) is 1. The molecule has 2 rings (SSSR count). The summed E-state index contributed by atoms with van der Waals surface area (Å²) in [4.78, 5) is 24.0. The molecule has 1 N–H and O–H groups in total. The Morgan fingerprint density at radius 1 is 1.56 bits per heavy atom. The average molecular weight is 334 g/mol. The molecule has 0 saturated carbocycles. The highest BCUT2D eigenvalue weighted by molar-refractivity contribution is 14.1. The van der Waals surface area contributed by atoms with Crippen molar-refractivity contribution < 1.29 is 14.0 Å². The third-order valence-electron chi connectivity index (χ3n) is 2.53. The SMILES string of the molecule is CN1C(=O)CC(NCc2ccc(I)o2)C1=O. The van der Waals surface area contributed by atoms with E-state index in [1.165, 1.54) is 7.05 Å². The van der Waals surface area contributed by atoms with Crippen molar-refractivity contribution >= 4 is 34.4 Å². The maximum absolute atomic E-state index is 11.6. The molecule has 1 aliphatic heterocycles. The van der Waals surface area contributed by atoms with Crippen LogP contribution in [0.1, 0.15) is 12.2 Å². The van der Waals surface area contributed by atoms with Gasteiger partial charge in [0, 0.05) is 7.05 Å². The van der Waals surface area contributed by atoms with Crippen LogP contribution in [0.2, 0.25) is 0 Å². The summed E-state index contributed by atoms with van der Waals surface area (Å²) in [6, 6.07) is 3.28. The lowest BCUT2D eigenvalue weighted by Gasteiger charge is -2.09. The quantitative estimate of drug-likeness (QED) is 0.654. The minimum absolute atomic E-state index is 0.142. The van der Waals surface area contributed by atoms with Crippen LogP contribution in [-0.4, -0.2) is 29.8 Å². The van der Waals surface area contributed by atoms with Gasteiger partial charge >= 0.3 is 0 Å². The zero-order chi connectivity index (χ0) is 11.7. The number of halogens is 1. The Kier molecular flexibility index (Phi) is 3.29. The molecule has 0 spiro atoms. The van der Waals surface area contributed by atoms with E-state index in [4.69, 9.17) is 4.42 Å². The number of likely N-dealkylation sites (tertiary alicyclic amines) is 1. The molecule has 86 valence electrons. The molecule has 1 aromatic rings. The van der Waals surface area contributed by atoms with Crippen LogP contribution in [0.5, 0.6) is 0 Å². The lowest BCUT2D eigenvalue weighted by molar-refractivity contribution is -0.137. The van der Waals surface area contributed by atoms with E-state index in [0.29, 0.717) is 6.54 Å². The molecule has 1 aliphatic rings. The second kappa shape index (κ2) is 4.54. The molecule has 0 bridgehead atoms. The Labute approximate surface area is 106 Å². The van der Waals surface area contributed by atoms with E-state index in [1.807, 2.05) is 12.1 Å². The number of rotatable bonds is 3. The smallest absolute Gasteiger partial charge is 0.246 e. The number of amides is 2. The van der Waals surface area contributed by atoms with E-state index >= 15 is 0 Å². The Morgan fingerprint density at radius 2 is 2.31 bits per heavy atom. The van der Waals surface area contributed by atoms with Crippen molar-refractivity contribution in [2.75, 3.05) is 7.05 Å². The van der Waals surface area contributed by atoms with Crippen LogP contribution in [0.25, 0.3) is 0 Å². The molecule has 5 nitrogen and oxygen atoms in total. The van der Waals surface area contributed by atoms with Gasteiger partial charge in [0.15, 0.2) is 3.77 Å². The fourth-order valence-electron chi connectivity index (χ4n) is 1.59. The molecule has 1 unspecified atom stereocenters. The molecule has 0 radical (unpaired) electrons. The highest BCUT2D eigenvalue weighted by atomic mass is 127. The van der Waals surface area contributed by atoms with Crippen molar-refractivity contribution in [3.8, 4) is 0 Å². The number of carbonyl (C=O) groups is 2. The van der Waals surface area contributed by atoms with Crippen molar-refractivity contribution in [3.63, 3.8) is 0 Å². The van der Waals surface area contributed by atoms with Crippen molar-refractivity contribution in [1.82, 2.24) is 10.2 Å². The van der Waals surface area contributed by atoms with Crippen molar-refractivity contribution in [2.24, 2.45) is 0 Å². The summed E-state index contributed by atoms with van der Waals surface area (Å²) in [5.74, 6) is 0.446. The Balaban J connectivity index is 1.92. The van der Waals surface area contributed by atoms with Gasteiger partial charge < -0.3 is 4.42 Å². The maximum atomic E-state index is 11.6. The van der Waals surface area contributed by atoms with Crippen LogP contribution in [0, 0.1) is 3.77 Å². The number of likely N-dealkylation sites (N-methyl/N-ethyl adjacent to an activating group) is 1. The van der Waals surface area contributed by atoms with Gasteiger partial charge in [0.1, 0.15) is 5.76 Å². The summed E-state index contributed by atoms with van der Waals surface area (Å²) in [5, 5.41) is 3.01. The predicted molar refractivity (Wildman–Crippen MR) is 64.4 cm³/mol. The third-order valence-corrected chi connectivity index (χ3v) is 3.11. The molecule has 0 aromatic carbocycles. The zero-order valence-corrected chi connectivity index (χ0v) is 10.9. The third kappa shape index (κ3) is 2.27. The lowest BCUT2D eigenvalue weighted by atomic mass is 10.2. The van der Waals surface area contributed by atoms with Gasteiger partial charge in [0.2, 0.25) is 11.8 Å². The number of hydrogen-bond donors (Lipinski definition) is 1. The number of imide groups is 1. The lowest BCUT2D eigenvalue weighted by Crippen LogP contribution is -2.36. The average Bonchev–Trinajstić information content (AvgIpc) is 2.76. The fourth-order valence-corrected chi connectivity index (χ4v) is 2.05. The molecule has 1 fully saturated rings. The summed E-state index contributed by atoms with van der Waals surface area (Å²) in [6.07, 6.45) is 0.229. The Morgan fingerprint density at radius 3 is 2.81 bits per heavy atom. The van der Waals surface area contributed by atoms with Gasteiger partial charge in [0.05, 0.1) is 19.0 Å². The first-order chi connectivity index (χ1) is 7.58. The van der Waals surface area contributed by atoms with E-state index in [2.05, 4.69) is 27.9 Å². The van der Waals surface area contributed by atoms with Crippen molar-refractivity contribution in [3.05, 3.63) is 21.7 Å². The summed E-state index contributed by atoms with van der Waals surface area (Å²) in [7, 11) is 1.50. The van der Waals surface area contributed by atoms with Gasteiger partial charge in [-0.05, 0) is 34.7 Å². The second-order valence-corrected chi connectivity index (χ2v) is 4.70. The molecule has 16 heavy (non-hydrogen) atoms. The zero-order valence-electron chi connectivity index (χ0n) is 8.70. The normalized spacial score (nSPS) is 20.9. The molecule has 0 aliphatic carbocycles. The first-order valence-electron chi connectivity index (χ1n) is 4.86. The van der Waals surface area contributed by atoms with E-state index in [0.717, 1.165) is 14.4 Å². The minimum Gasteiger partial charge on any atom is -0.454 e. The maximum Gasteiger partial charge on any atom is 0.246 e. The van der Waals surface area contributed by atoms with E-state index < -0.39 is 6.04 Å². The molecule has 1 aromatic heterocycles. The first-order valence-corrected chi connectivity index (χ1v) is 5.94. The number of hydrogen-bond acceptors (Lipinski definition) is 4. The van der Waals surface area contributed by atoms with Crippen LogP contribution in [0.4, 0.5) is 0 Å². The predicted octanol–water partition coefficient (Wildman–Crippen LogP) is 0.731. The van der Waals surface area contributed by atoms with Crippen LogP contribution >= 0.6 is 22.6 Å². The van der Waals surface area contributed by atoms with E-state index in [1.54, 1.807) is 0 Å². The van der Waals surface area contributed by atoms with Crippen molar-refractivity contribution in [2.45, 2.75) is 19.0 Å². The van der Waals surface area contributed by atoms with Crippen LogP contribution < -0.4 is 5.32 Å². The van der Waals surface area contributed by atoms with Gasteiger partial charge in [-0.15, -0.1) is 0 Å². The highest BCUT2D eigenvalue weighted by Gasteiger charge is 2.35. The number of furan rings is 1. The highest BCUT2D eigenvalue weighted by Crippen LogP contribution is 2.13. The molecule has 2 amide bonds. The summed E-state index contributed by atoms with van der Waals surface area (Å²) < 4.78 is 6.15. The van der Waals surface area contributed by atoms with E-state index in [-0.39, 0.29) is 18.2 Å². The molecule has 6 heteroatoms.